The summed E-state index contributed by atoms with van der Waals surface area (Å²) >= 11 is 1.96. The van der Waals surface area contributed by atoms with Gasteiger partial charge >= 0.3 is 0 Å². The predicted molar refractivity (Wildman–Crippen MR) is 61.3 cm³/mol. The summed E-state index contributed by atoms with van der Waals surface area (Å²) in [4.78, 5) is 15.6. The first-order valence-electron chi connectivity index (χ1n) is 4.22. The summed E-state index contributed by atoms with van der Waals surface area (Å²) in [5, 5.41) is 7.70. The molecule has 0 saturated heterocycles. The van der Waals surface area contributed by atoms with E-state index in [0.717, 1.165) is 5.69 Å². The molecule has 0 saturated carbocycles. The van der Waals surface area contributed by atoms with Crippen molar-refractivity contribution in [3.05, 3.63) is 38.3 Å². The van der Waals surface area contributed by atoms with E-state index in [0.29, 0.717) is 10.1 Å². The third-order valence-corrected chi connectivity index (χ3v) is 2.58. The van der Waals surface area contributed by atoms with Crippen molar-refractivity contribution in [2.24, 2.45) is 7.05 Å². The Bertz CT molecular complexity index is 532. The van der Waals surface area contributed by atoms with Crippen LogP contribution in [0.2, 0.25) is 0 Å². The van der Waals surface area contributed by atoms with E-state index >= 15 is 0 Å². The van der Waals surface area contributed by atoms with Crippen LogP contribution < -0.4 is 5.56 Å². The van der Waals surface area contributed by atoms with Crippen LogP contribution in [-0.4, -0.2) is 24.5 Å². The molecule has 0 N–H and O–H groups in total. The zero-order valence-electron chi connectivity index (χ0n) is 7.96. The Morgan fingerprint density at radius 2 is 2.33 bits per heavy atom. The standard InChI is InChI=1S/C8H8IN5O/c1-13-3-6(11-12-13)4-14-5-10-2-7(9)8(14)15/h2-3,5H,4H2,1H3. The Balaban J connectivity index is 2.32. The number of hydrogen-bond acceptors (Lipinski definition) is 4. The molecule has 0 aliphatic rings. The van der Waals surface area contributed by atoms with Crippen LogP contribution in [0.25, 0.3) is 0 Å². The van der Waals surface area contributed by atoms with Gasteiger partial charge in [0.1, 0.15) is 5.69 Å². The summed E-state index contributed by atoms with van der Waals surface area (Å²) in [6, 6.07) is 0. The Morgan fingerprint density at radius 1 is 1.53 bits per heavy atom. The van der Waals surface area contributed by atoms with E-state index in [-0.39, 0.29) is 5.56 Å². The van der Waals surface area contributed by atoms with Crippen LogP contribution in [0, 0.1) is 3.57 Å². The van der Waals surface area contributed by atoms with Crippen molar-refractivity contribution in [1.82, 2.24) is 24.5 Å². The van der Waals surface area contributed by atoms with E-state index in [1.54, 1.807) is 17.9 Å². The summed E-state index contributed by atoms with van der Waals surface area (Å²) in [5.74, 6) is 0. The van der Waals surface area contributed by atoms with Gasteiger partial charge in [-0.1, -0.05) is 5.21 Å². The van der Waals surface area contributed by atoms with Gasteiger partial charge in [-0.05, 0) is 22.6 Å². The molecule has 0 bridgehead atoms. The van der Waals surface area contributed by atoms with Gasteiger partial charge in [0.25, 0.3) is 5.56 Å². The molecule has 0 amide bonds. The van der Waals surface area contributed by atoms with Gasteiger partial charge in [-0.2, -0.15) is 0 Å². The summed E-state index contributed by atoms with van der Waals surface area (Å²) in [6.07, 6.45) is 4.81. The van der Waals surface area contributed by atoms with Crippen LogP contribution in [0.15, 0.2) is 23.5 Å². The highest BCUT2D eigenvalue weighted by Gasteiger charge is 2.04. The van der Waals surface area contributed by atoms with Crippen molar-refractivity contribution < 1.29 is 0 Å². The molecule has 15 heavy (non-hydrogen) atoms. The van der Waals surface area contributed by atoms with E-state index < -0.39 is 0 Å². The third kappa shape index (κ3) is 2.22. The molecule has 0 aliphatic heterocycles. The van der Waals surface area contributed by atoms with E-state index in [2.05, 4.69) is 15.3 Å². The van der Waals surface area contributed by atoms with Crippen LogP contribution in [-0.2, 0) is 13.6 Å². The number of halogens is 1. The minimum absolute atomic E-state index is 0.0590. The van der Waals surface area contributed by atoms with E-state index in [4.69, 9.17) is 0 Å². The highest BCUT2D eigenvalue weighted by Crippen LogP contribution is 1.97. The molecule has 2 aromatic heterocycles. The molecule has 2 heterocycles. The first kappa shape index (κ1) is 10.3. The Morgan fingerprint density at radius 3 is 3.00 bits per heavy atom. The second-order valence-electron chi connectivity index (χ2n) is 3.06. The van der Waals surface area contributed by atoms with Crippen LogP contribution >= 0.6 is 22.6 Å². The summed E-state index contributed by atoms with van der Waals surface area (Å²) < 4.78 is 3.70. The number of aryl methyl sites for hydroxylation is 1. The molecular formula is C8H8IN5O. The number of hydrogen-bond donors (Lipinski definition) is 0. The molecular weight excluding hydrogens is 309 g/mol. The molecule has 2 rings (SSSR count). The molecule has 0 unspecified atom stereocenters. The molecule has 2 aromatic rings. The number of rotatable bonds is 2. The summed E-state index contributed by atoms with van der Waals surface area (Å²) in [6.45, 7) is 0.399. The molecule has 0 aliphatic carbocycles. The normalized spacial score (nSPS) is 10.5. The van der Waals surface area contributed by atoms with Crippen LogP contribution in [0.3, 0.4) is 0 Å². The van der Waals surface area contributed by atoms with Crippen LogP contribution in [0.5, 0.6) is 0 Å². The first-order chi connectivity index (χ1) is 7.16. The third-order valence-electron chi connectivity index (χ3n) is 1.84. The lowest BCUT2D eigenvalue weighted by molar-refractivity contribution is 0.697. The second-order valence-corrected chi connectivity index (χ2v) is 4.22. The molecule has 0 fully saturated rings. The Hall–Kier alpha value is -1.25. The fraction of sp³-hybridized carbons (Fsp3) is 0.250. The highest BCUT2D eigenvalue weighted by molar-refractivity contribution is 14.1. The lowest BCUT2D eigenvalue weighted by Crippen LogP contribution is -2.23. The van der Waals surface area contributed by atoms with Crippen molar-refractivity contribution in [3.8, 4) is 0 Å². The van der Waals surface area contributed by atoms with Gasteiger partial charge in [0.05, 0.1) is 16.4 Å². The van der Waals surface area contributed by atoms with Crippen LogP contribution in [0.1, 0.15) is 5.69 Å². The van der Waals surface area contributed by atoms with Crippen molar-refractivity contribution in [3.63, 3.8) is 0 Å². The lowest BCUT2D eigenvalue weighted by Gasteiger charge is -2.01. The minimum atomic E-state index is -0.0590. The largest absolute Gasteiger partial charge is 0.292 e. The predicted octanol–water partition coefficient (Wildman–Crippen LogP) is 0.0247. The SMILES string of the molecule is Cn1cc(Cn2cncc(I)c2=O)nn1. The second kappa shape index (κ2) is 4.09. The van der Waals surface area contributed by atoms with E-state index in [1.807, 2.05) is 22.6 Å². The zero-order valence-corrected chi connectivity index (χ0v) is 10.1. The van der Waals surface area contributed by atoms with Crippen molar-refractivity contribution in [1.29, 1.82) is 0 Å². The monoisotopic (exact) mass is 317 g/mol. The molecule has 78 valence electrons. The van der Waals surface area contributed by atoms with Crippen molar-refractivity contribution >= 4 is 22.6 Å². The topological polar surface area (TPSA) is 65.6 Å². The maximum Gasteiger partial charge on any atom is 0.267 e. The van der Waals surface area contributed by atoms with Gasteiger partial charge in [-0.25, -0.2) is 4.98 Å². The molecule has 7 heteroatoms. The Kier molecular flexibility index (Phi) is 2.80. The molecule has 0 radical (unpaired) electrons. The van der Waals surface area contributed by atoms with Gasteiger partial charge < -0.3 is 0 Å². The average molecular weight is 317 g/mol. The summed E-state index contributed by atoms with van der Waals surface area (Å²) in [5.41, 5.74) is 0.680. The molecule has 0 aromatic carbocycles. The fourth-order valence-electron chi connectivity index (χ4n) is 1.18. The highest BCUT2D eigenvalue weighted by atomic mass is 127. The lowest BCUT2D eigenvalue weighted by atomic mass is 10.4. The van der Waals surface area contributed by atoms with Gasteiger partial charge in [0.2, 0.25) is 0 Å². The van der Waals surface area contributed by atoms with E-state index in [9.17, 15) is 4.79 Å². The van der Waals surface area contributed by atoms with Crippen LogP contribution in [0.4, 0.5) is 0 Å². The average Bonchev–Trinajstić information content (AvgIpc) is 2.59. The van der Waals surface area contributed by atoms with Gasteiger partial charge in [-0.15, -0.1) is 5.10 Å². The molecule has 6 nitrogen and oxygen atoms in total. The minimum Gasteiger partial charge on any atom is -0.292 e. The van der Waals surface area contributed by atoms with Gasteiger partial charge in [0.15, 0.2) is 0 Å². The number of aromatic nitrogens is 5. The fourth-order valence-corrected chi connectivity index (χ4v) is 1.65. The molecule has 0 atom stereocenters. The van der Waals surface area contributed by atoms with Crippen molar-refractivity contribution in [2.75, 3.05) is 0 Å². The molecule has 0 spiro atoms. The summed E-state index contributed by atoms with van der Waals surface area (Å²) in [7, 11) is 1.78. The maximum absolute atomic E-state index is 11.6. The van der Waals surface area contributed by atoms with Gasteiger partial charge in [0, 0.05) is 19.4 Å². The smallest absolute Gasteiger partial charge is 0.267 e. The maximum atomic E-state index is 11.6. The first-order valence-corrected chi connectivity index (χ1v) is 5.30. The van der Waals surface area contributed by atoms with E-state index in [1.165, 1.54) is 17.1 Å². The quantitative estimate of drug-likeness (QED) is 0.733. The Labute approximate surface area is 99.1 Å². The van der Waals surface area contributed by atoms with Crippen molar-refractivity contribution in [2.45, 2.75) is 6.54 Å². The van der Waals surface area contributed by atoms with Gasteiger partial charge in [-0.3, -0.25) is 14.0 Å². The zero-order chi connectivity index (χ0) is 10.8. The number of nitrogens with zero attached hydrogens (tertiary/aromatic N) is 5.